The fourth-order valence-corrected chi connectivity index (χ4v) is 2.43. The van der Waals surface area contributed by atoms with Gasteiger partial charge in [0.1, 0.15) is 5.75 Å². The third kappa shape index (κ3) is 6.69. The van der Waals surface area contributed by atoms with E-state index in [-0.39, 0.29) is 5.91 Å². The summed E-state index contributed by atoms with van der Waals surface area (Å²) in [5.41, 5.74) is 0. The topological polar surface area (TPSA) is 38.3 Å². The summed E-state index contributed by atoms with van der Waals surface area (Å²) in [5.74, 6) is 1.19. The van der Waals surface area contributed by atoms with E-state index in [0.717, 1.165) is 13.0 Å². The molecule has 0 saturated carbocycles. The second kappa shape index (κ2) is 10.5. The summed E-state index contributed by atoms with van der Waals surface area (Å²) in [5, 5.41) is 3.69. The quantitative estimate of drug-likeness (QED) is 0.669. The number of amides is 1. The molecule has 4 heteroatoms. The lowest BCUT2D eigenvalue weighted by Crippen LogP contribution is -2.40. The smallest absolute Gasteiger partial charge is 0.261 e. The largest absolute Gasteiger partial charge is 0.481 e. The number of benzene rings is 1. The van der Waals surface area contributed by atoms with Crippen molar-refractivity contribution in [2.75, 3.05) is 6.54 Å². The van der Waals surface area contributed by atoms with E-state index >= 15 is 0 Å². The highest BCUT2D eigenvalue weighted by atomic mass is 35.5. The summed E-state index contributed by atoms with van der Waals surface area (Å²) in [4.78, 5) is 12.3. The second-order valence-electron chi connectivity index (χ2n) is 5.63. The van der Waals surface area contributed by atoms with Crippen LogP contribution in [-0.2, 0) is 4.79 Å². The third-order valence-electron chi connectivity index (χ3n) is 3.86. The van der Waals surface area contributed by atoms with Gasteiger partial charge in [-0.3, -0.25) is 4.79 Å². The zero-order valence-electron chi connectivity index (χ0n) is 13.9. The number of ether oxygens (including phenoxy) is 1. The molecule has 1 aromatic rings. The molecule has 0 unspecified atom stereocenters. The molecule has 0 fully saturated rings. The maximum atomic E-state index is 12.3. The van der Waals surface area contributed by atoms with Gasteiger partial charge in [0.25, 0.3) is 5.91 Å². The van der Waals surface area contributed by atoms with Gasteiger partial charge in [-0.05, 0) is 43.0 Å². The lowest BCUT2D eigenvalue weighted by Gasteiger charge is -2.20. The van der Waals surface area contributed by atoms with Crippen LogP contribution in [0.2, 0.25) is 5.02 Å². The van der Waals surface area contributed by atoms with Crippen molar-refractivity contribution in [1.29, 1.82) is 0 Å². The zero-order valence-corrected chi connectivity index (χ0v) is 14.7. The van der Waals surface area contributed by atoms with Crippen LogP contribution in [-0.4, -0.2) is 18.6 Å². The highest BCUT2D eigenvalue weighted by Crippen LogP contribution is 2.18. The van der Waals surface area contributed by atoms with Gasteiger partial charge in [-0.1, -0.05) is 51.6 Å². The first-order chi connectivity index (χ1) is 10.6. The molecule has 1 N–H and O–H groups in total. The number of rotatable bonds is 10. The van der Waals surface area contributed by atoms with Crippen LogP contribution < -0.4 is 10.1 Å². The van der Waals surface area contributed by atoms with Gasteiger partial charge in [-0.15, -0.1) is 0 Å². The summed E-state index contributed by atoms with van der Waals surface area (Å²) < 4.78 is 5.76. The Kier molecular flexibility index (Phi) is 8.98. The van der Waals surface area contributed by atoms with E-state index in [1.807, 2.05) is 6.92 Å². The second-order valence-corrected chi connectivity index (χ2v) is 6.07. The van der Waals surface area contributed by atoms with E-state index in [9.17, 15) is 4.79 Å². The molecular formula is C18H28ClNO2. The summed E-state index contributed by atoms with van der Waals surface area (Å²) in [6, 6.07) is 7.10. The molecule has 0 saturated heterocycles. The average molecular weight is 326 g/mol. The Labute approximate surface area is 139 Å². The van der Waals surface area contributed by atoms with Crippen LogP contribution in [0.5, 0.6) is 5.75 Å². The fourth-order valence-electron chi connectivity index (χ4n) is 2.30. The van der Waals surface area contributed by atoms with Gasteiger partial charge >= 0.3 is 0 Å². The number of carbonyl (C=O) groups excluding carboxylic acids is 1. The minimum atomic E-state index is -0.454. The van der Waals surface area contributed by atoms with Crippen molar-refractivity contribution in [2.45, 2.75) is 59.0 Å². The number of hydrogen-bond donors (Lipinski definition) is 1. The number of halogens is 1. The molecule has 0 bridgehead atoms. The van der Waals surface area contributed by atoms with Crippen molar-refractivity contribution in [2.24, 2.45) is 5.92 Å². The molecule has 0 aliphatic heterocycles. The minimum absolute atomic E-state index is 0.0348. The maximum Gasteiger partial charge on any atom is 0.261 e. The molecule has 0 aliphatic carbocycles. The molecule has 0 radical (unpaired) electrons. The number of nitrogens with one attached hydrogen (secondary N) is 1. The number of hydrogen-bond acceptors (Lipinski definition) is 2. The van der Waals surface area contributed by atoms with Crippen molar-refractivity contribution in [3.05, 3.63) is 29.3 Å². The van der Waals surface area contributed by atoms with Crippen LogP contribution in [0.3, 0.4) is 0 Å². The Hall–Kier alpha value is -1.22. The fraction of sp³-hybridized carbons (Fsp3) is 0.611. The van der Waals surface area contributed by atoms with Crippen molar-refractivity contribution >= 4 is 17.5 Å². The summed E-state index contributed by atoms with van der Waals surface area (Å²) in [6.07, 6.45) is 4.86. The monoisotopic (exact) mass is 325 g/mol. The molecule has 124 valence electrons. The average Bonchev–Trinajstić information content (AvgIpc) is 2.54. The molecule has 1 aromatic carbocycles. The Balaban J connectivity index is 2.48. The molecular weight excluding hydrogens is 298 g/mol. The van der Waals surface area contributed by atoms with Gasteiger partial charge in [-0.2, -0.15) is 0 Å². The number of unbranched alkanes of at least 4 members (excludes halogenated alkanes) is 1. The van der Waals surface area contributed by atoms with Gasteiger partial charge in [0.2, 0.25) is 0 Å². The van der Waals surface area contributed by atoms with E-state index in [4.69, 9.17) is 16.3 Å². The lowest BCUT2D eigenvalue weighted by molar-refractivity contribution is -0.128. The van der Waals surface area contributed by atoms with E-state index < -0.39 is 6.10 Å². The van der Waals surface area contributed by atoms with Crippen LogP contribution in [0.4, 0.5) is 0 Å². The Morgan fingerprint density at radius 2 is 1.86 bits per heavy atom. The van der Waals surface area contributed by atoms with Gasteiger partial charge in [0.05, 0.1) is 0 Å². The van der Waals surface area contributed by atoms with Crippen molar-refractivity contribution in [1.82, 2.24) is 5.32 Å². The number of carbonyl (C=O) groups is 1. The van der Waals surface area contributed by atoms with E-state index in [1.165, 1.54) is 19.3 Å². The first kappa shape index (κ1) is 18.8. The third-order valence-corrected chi connectivity index (χ3v) is 4.12. The van der Waals surface area contributed by atoms with Crippen molar-refractivity contribution in [3.63, 3.8) is 0 Å². The molecule has 0 aromatic heterocycles. The zero-order chi connectivity index (χ0) is 16.4. The first-order valence-electron chi connectivity index (χ1n) is 8.30. The lowest BCUT2D eigenvalue weighted by atomic mass is 9.99. The Morgan fingerprint density at radius 3 is 2.41 bits per heavy atom. The highest BCUT2D eigenvalue weighted by molar-refractivity contribution is 6.30. The molecule has 1 rings (SSSR count). The normalized spacial score (nSPS) is 13.5. The molecule has 3 nitrogen and oxygen atoms in total. The highest BCUT2D eigenvalue weighted by Gasteiger charge is 2.19. The Bertz CT molecular complexity index is 433. The molecule has 0 heterocycles. The van der Waals surface area contributed by atoms with E-state index in [0.29, 0.717) is 23.1 Å². The molecule has 22 heavy (non-hydrogen) atoms. The van der Waals surface area contributed by atoms with Crippen LogP contribution in [0.25, 0.3) is 0 Å². The summed E-state index contributed by atoms with van der Waals surface area (Å²) in [6.45, 7) is 7.05. The summed E-state index contributed by atoms with van der Waals surface area (Å²) >= 11 is 5.85. The van der Waals surface area contributed by atoms with E-state index in [1.54, 1.807) is 24.3 Å². The maximum absolute atomic E-state index is 12.3. The predicted molar refractivity (Wildman–Crippen MR) is 92.5 cm³/mol. The summed E-state index contributed by atoms with van der Waals surface area (Å²) in [7, 11) is 0. The van der Waals surface area contributed by atoms with Crippen LogP contribution in [0.15, 0.2) is 24.3 Å². The molecule has 0 aliphatic rings. The van der Waals surface area contributed by atoms with Gasteiger partial charge in [0.15, 0.2) is 6.10 Å². The van der Waals surface area contributed by atoms with Gasteiger partial charge < -0.3 is 10.1 Å². The minimum Gasteiger partial charge on any atom is -0.481 e. The van der Waals surface area contributed by atoms with Gasteiger partial charge in [0, 0.05) is 11.6 Å². The van der Waals surface area contributed by atoms with Crippen LogP contribution in [0, 0.1) is 5.92 Å². The molecule has 2 atom stereocenters. The Morgan fingerprint density at radius 1 is 1.18 bits per heavy atom. The van der Waals surface area contributed by atoms with Gasteiger partial charge in [-0.25, -0.2) is 0 Å². The van der Waals surface area contributed by atoms with Crippen LogP contribution >= 0.6 is 11.6 Å². The van der Waals surface area contributed by atoms with E-state index in [2.05, 4.69) is 19.2 Å². The first-order valence-corrected chi connectivity index (χ1v) is 8.68. The predicted octanol–water partition coefficient (Wildman–Crippen LogP) is 4.83. The van der Waals surface area contributed by atoms with Crippen LogP contribution in [0.1, 0.15) is 52.9 Å². The molecule has 1 amide bonds. The standard InChI is InChI=1S/C18H28ClNO2/c1-4-7-8-14(5-2)13-20-18(21)17(6-3)22-16-11-9-15(19)10-12-16/h9-12,14,17H,4-8,13H2,1-3H3,(H,20,21)/t14-,17+/m1/s1. The van der Waals surface area contributed by atoms with Crippen molar-refractivity contribution in [3.8, 4) is 5.75 Å². The van der Waals surface area contributed by atoms with Crippen molar-refractivity contribution < 1.29 is 9.53 Å². The SMILES string of the molecule is CCCC[C@@H](CC)CNC(=O)[C@H](CC)Oc1ccc(Cl)cc1. The molecule has 0 spiro atoms.